The lowest BCUT2D eigenvalue weighted by Crippen LogP contribution is -2.05. The second-order valence-corrected chi connectivity index (χ2v) is 4.68. The van der Waals surface area contributed by atoms with Crippen LogP contribution in [0.5, 0.6) is 0 Å². The van der Waals surface area contributed by atoms with Gasteiger partial charge in [0.1, 0.15) is 5.56 Å². The van der Waals surface area contributed by atoms with E-state index in [1.54, 1.807) is 12.4 Å². The fraction of sp³-hybridized carbons (Fsp3) is 0.0625. The molecule has 3 aromatic rings. The molecule has 0 saturated heterocycles. The summed E-state index contributed by atoms with van der Waals surface area (Å²) in [6.45, 7) is 1.94. The third kappa shape index (κ3) is 2.41. The number of nitrogens with one attached hydrogen (secondary N) is 1. The molecule has 0 fully saturated rings. The van der Waals surface area contributed by atoms with E-state index in [1.165, 1.54) is 6.20 Å². The molecule has 0 spiro atoms. The summed E-state index contributed by atoms with van der Waals surface area (Å²) in [5, 5.41) is 13.3. The first-order chi connectivity index (χ1) is 10.2. The molecule has 2 aromatic heterocycles. The molecule has 0 amide bonds. The van der Waals surface area contributed by atoms with Crippen LogP contribution < -0.4 is 5.32 Å². The van der Waals surface area contributed by atoms with Gasteiger partial charge in [-0.3, -0.25) is 9.97 Å². The van der Waals surface area contributed by atoms with E-state index in [1.807, 2.05) is 37.3 Å². The van der Waals surface area contributed by atoms with Crippen LogP contribution in [-0.2, 0) is 0 Å². The molecule has 0 radical (unpaired) electrons. The molecular weight excluding hydrogens is 266 g/mol. The van der Waals surface area contributed by atoms with Gasteiger partial charge in [0.05, 0.1) is 23.1 Å². The molecule has 5 heteroatoms. The van der Waals surface area contributed by atoms with Crippen molar-refractivity contribution in [2.75, 3.05) is 5.32 Å². The number of hydrogen-bond donors (Lipinski definition) is 2. The average molecular weight is 279 g/mol. The van der Waals surface area contributed by atoms with Crippen LogP contribution in [0.4, 0.5) is 11.4 Å². The minimum absolute atomic E-state index is 0.136. The largest absolute Gasteiger partial charge is 0.478 e. The number of anilines is 2. The highest BCUT2D eigenvalue weighted by atomic mass is 16.4. The van der Waals surface area contributed by atoms with Crippen LogP contribution in [0, 0.1) is 6.92 Å². The van der Waals surface area contributed by atoms with Gasteiger partial charge in [-0.2, -0.15) is 0 Å². The number of aromatic nitrogens is 2. The Balaban J connectivity index is 2.21. The summed E-state index contributed by atoms with van der Waals surface area (Å²) in [6.07, 6.45) is 4.75. The molecule has 0 atom stereocenters. The molecule has 0 bridgehead atoms. The highest BCUT2D eigenvalue weighted by molar-refractivity contribution is 6.05. The Morgan fingerprint density at radius 3 is 2.76 bits per heavy atom. The van der Waals surface area contributed by atoms with Gasteiger partial charge in [-0.1, -0.05) is 18.2 Å². The van der Waals surface area contributed by atoms with Gasteiger partial charge in [0.2, 0.25) is 0 Å². The normalized spacial score (nSPS) is 10.5. The monoisotopic (exact) mass is 279 g/mol. The number of carbonyl (C=O) groups is 1. The van der Waals surface area contributed by atoms with E-state index in [-0.39, 0.29) is 5.56 Å². The van der Waals surface area contributed by atoms with Gasteiger partial charge in [0, 0.05) is 17.8 Å². The summed E-state index contributed by atoms with van der Waals surface area (Å²) in [6, 6.07) is 9.29. The number of nitrogens with zero attached hydrogens (tertiary/aromatic N) is 2. The van der Waals surface area contributed by atoms with Gasteiger partial charge >= 0.3 is 5.97 Å². The number of pyridine rings is 2. The lowest BCUT2D eigenvalue weighted by atomic mass is 10.1. The number of aryl methyl sites for hydroxylation is 1. The number of fused-ring (bicyclic) bond motifs is 1. The van der Waals surface area contributed by atoms with Gasteiger partial charge in [-0.25, -0.2) is 4.79 Å². The van der Waals surface area contributed by atoms with Crippen LogP contribution in [0.2, 0.25) is 0 Å². The maximum absolute atomic E-state index is 11.4. The molecule has 104 valence electrons. The SMILES string of the molecule is Cc1ccncc1Nc1c(C(=O)O)cnc2ccccc12. The molecule has 0 unspecified atom stereocenters. The molecule has 1 aromatic carbocycles. The average Bonchev–Trinajstić information content (AvgIpc) is 2.49. The number of carboxylic acid groups (broad SMARTS) is 1. The molecular formula is C16H13N3O2. The van der Waals surface area contributed by atoms with Crippen LogP contribution in [0.3, 0.4) is 0 Å². The zero-order chi connectivity index (χ0) is 14.8. The Morgan fingerprint density at radius 1 is 1.19 bits per heavy atom. The third-order valence-corrected chi connectivity index (χ3v) is 3.30. The van der Waals surface area contributed by atoms with E-state index in [2.05, 4.69) is 15.3 Å². The maximum atomic E-state index is 11.4. The van der Waals surface area contributed by atoms with Gasteiger partial charge in [-0.15, -0.1) is 0 Å². The first-order valence-electron chi connectivity index (χ1n) is 6.45. The summed E-state index contributed by atoms with van der Waals surface area (Å²) >= 11 is 0. The van der Waals surface area contributed by atoms with Gasteiger partial charge in [-0.05, 0) is 24.6 Å². The summed E-state index contributed by atoms with van der Waals surface area (Å²) in [5.41, 5.74) is 3.17. The third-order valence-electron chi connectivity index (χ3n) is 3.30. The maximum Gasteiger partial charge on any atom is 0.339 e. The van der Waals surface area contributed by atoms with E-state index in [0.29, 0.717) is 5.69 Å². The van der Waals surface area contributed by atoms with Crippen molar-refractivity contribution in [3.05, 3.63) is 60.0 Å². The second-order valence-electron chi connectivity index (χ2n) is 4.68. The number of rotatable bonds is 3. The van der Waals surface area contributed by atoms with E-state index in [4.69, 9.17) is 0 Å². The predicted octanol–water partition coefficient (Wildman–Crippen LogP) is 3.38. The van der Waals surface area contributed by atoms with Crippen molar-refractivity contribution in [2.45, 2.75) is 6.92 Å². The number of benzene rings is 1. The van der Waals surface area contributed by atoms with Crippen LogP contribution in [0.25, 0.3) is 10.9 Å². The minimum Gasteiger partial charge on any atom is -0.478 e. The van der Waals surface area contributed by atoms with E-state index < -0.39 is 5.97 Å². The Kier molecular flexibility index (Phi) is 3.23. The molecule has 5 nitrogen and oxygen atoms in total. The number of hydrogen-bond acceptors (Lipinski definition) is 4. The molecule has 0 saturated carbocycles. The van der Waals surface area contributed by atoms with Crippen LogP contribution in [0.1, 0.15) is 15.9 Å². The standard InChI is InChI=1S/C16H13N3O2/c1-10-6-7-17-9-14(10)19-15-11-4-2-3-5-13(11)18-8-12(15)16(20)21/h2-9H,1H3,(H,18,19)(H,20,21). The topological polar surface area (TPSA) is 75.1 Å². The summed E-state index contributed by atoms with van der Waals surface area (Å²) < 4.78 is 0. The van der Waals surface area contributed by atoms with Crippen molar-refractivity contribution in [2.24, 2.45) is 0 Å². The smallest absolute Gasteiger partial charge is 0.339 e. The Bertz CT molecular complexity index is 831. The van der Waals surface area contributed by atoms with E-state index >= 15 is 0 Å². The summed E-state index contributed by atoms with van der Waals surface area (Å²) in [7, 11) is 0. The number of carboxylic acids is 1. The number of aromatic carboxylic acids is 1. The summed E-state index contributed by atoms with van der Waals surface area (Å²) in [5.74, 6) is -1.02. The van der Waals surface area contributed by atoms with Crippen molar-refractivity contribution in [1.29, 1.82) is 0 Å². The fourth-order valence-corrected chi connectivity index (χ4v) is 2.17. The highest BCUT2D eigenvalue weighted by Crippen LogP contribution is 2.29. The van der Waals surface area contributed by atoms with E-state index in [9.17, 15) is 9.90 Å². The van der Waals surface area contributed by atoms with Crippen LogP contribution in [-0.4, -0.2) is 21.0 Å². The van der Waals surface area contributed by atoms with Gasteiger partial charge in [0.25, 0.3) is 0 Å². The molecule has 0 aliphatic heterocycles. The van der Waals surface area contributed by atoms with Crippen molar-refractivity contribution < 1.29 is 9.90 Å². The van der Waals surface area contributed by atoms with Gasteiger partial charge < -0.3 is 10.4 Å². The molecule has 3 rings (SSSR count). The highest BCUT2D eigenvalue weighted by Gasteiger charge is 2.15. The Hall–Kier alpha value is -2.95. The molecule has 0 aliphatic rings. The molecule has 2 N–H and O–H groups in total. The Labute approximate surface area is 121 Å². The van der Waals surface area contributed by atoms with Crippen molar-refractivity contribution in [3.63, 3.8) is 0 Å². The zero-order valence-electron chi connectivity index (χ0n) is 11.4. The molecule has 21 heavy (non-hydrogen) atoms. The van der Waals surface area contributed by atoms with Crippen LogP contribution in [0.15, 0.2) is 48.9 Å². The lowest BCUT2D eigenvalue weighted by Gasteiger charge is -2.13. The van der Waals surface area contributed by atoms with Crippen molar-refractivity contribution >= 4 is 28.2 Å². The summed E-state index contributed by atoms with van der Waals surface area (Å²) in [4.78, 5) is 19.7. The van der Waals surface area contributed by atoms with E-state index in [0.717, 1.165) is 22.2 Å². The van der Waals surface area contributed by atoms with Crippen molar-refractivity contribution in [1.82, 2.24) is 9.97 Å². The van der Waals surface area contributed by atoms with Crippen LogP contribution >= 0.6 is 0 Å². The van der Waals surface area contributed by atoms with Gasteiger partial charge in [0.15, 0.2) is 0 Å². The molecule has 0 aliphatic carbocycles. The Morgan fingerprint density at radius 2 is 2.00 bits per heavy atom. The molecule has 2 heterocycles. The quantitative estimate of drug-likeness (QED) is 0.768. The second kappa shape index (κ2) is 5.20. The number of para-hydroxylation sites is 1. The fourth-order valence-electron chi connectivity index (χ4n) is 2.17. The zero-order valence-corrected chi connectivity index (χ0v) is 11.4. The lowest BCUT2D eigenvalue weighted by molar-refractivity contribution is 0.0697. The first-order valence-corrected chi connectivity index (χ1v) is 6.45. The predicted molar refractivity (Wildman–Crippen MR) is 81.0 cm³/mol. The minimum atomic E-state index is -1.02. The first kappa shape index (κ1) is 13.1. The van der Waals surface area contributed by atoms with Crippen molar-refractivity contribution in [3.8, 4) is 0 Å².